The third-order valence-electron chi connectivity index (χ3n) is 3.06. The monoisotopic (exact) mass is 250 g/mol. The van der Waals surface area contributed by atoms with E-state index in [0.717, 1.165) is 11.3 Å². The van der Waals surface area contributed by atoms with Crippen LogP contribution in [0, 0.1) is 0 Å². The van der Waals surface area contributed by atoms with E-state index in [1.165, 1.54) is 10.8 Å². The Hall–Kier alpha value is -2.48. The Morgan fingerprint density at radius 2 is 1.53 bits per heavy atom. The summed E-state index contributed by atoms with van der Waals surface area (Å²) in [6.07, 6.45) is 0. The summed E-state index contributed by atoms with van der Waals surface area (Å²) in [5.74, 6) is 1.00. The van der Waals surface area contributed by atoms with Crippen molar-refractivity contribution < 1.29 is 9.84 Å². The molecule has 0 spiro atoms. The lowest BCUT2D eigenvalue weighted by atomic mass is 10.1. The lowest BCUT2D eigenvalue weighted by molar-refractivity contribution is 0.306. The highest BCUT2D eigenvalue weighted by Crippen LogP contribution is 2.19. The molecule has 0 atom stereocenters. The Balaban J connectivity index is 1.76. The Morgan fingerprint density at radius 1 is 0.789 bits per heavy atom. The number of benzene rings is 3. The molecular formula is C17H14O2. The van der Waals surface area contributed by atoms with Crippen molar-refractivity contribution in [3.05, 3.63) is 72.3 Å². The van der Waals surface area contributed by atoms with Gasteiger partial charge in [0.05, 0.1) is 0 Å². The lowest BCUT2D eigenvalue weighted by Gasteiger charge is -2.07. The number of aromatic hydroxyl groups is 1. The SMILES string of the molecule is Oc1ccc(OCc2ccc3ccccc3c2)cc1. The van der Waals surface area contributed by atoms with E-state index < -0.39 is 0 Å². The van der Waals surface area contributed by atoms with Crippen LogP contribution in [-0.2, 0) is 6.61 Å². The molecule has 1 N–H and O–H groups in total. The van der Waals surface area contributed by atoms with Crippen LogP contribution in [0.1, 0.15) is 5.56 Å². The van der Waals surface area contributed by atoms with Crippen molar-refractivity contribution in [1.82, 2.24) is 0 Å². The summed E-state index contributed by atoms with van der Waals surface area (Å²) in [5.41, 5.74) is 1.13. The molecule has 0 saturated carbocycles. The second-order valence-electron chi connectivity index (χ2n) is 4.46. The van der Waals surface area contributed by atoms with E-state index in [2.05, 4.69) is 30.3 Å². The van der Waals surface area contributed by atoms with Gasteiger partial charge < -0.3 is 9.84 Å². The number of hydrogen-bond donors (Lipinski definition) is 1. The topological polar surface area (TPSA) is 29.5 Å². The van der Waals surface area contributed by atoms with E-state index in [4.69, 9.17) is 4.74 Å². The number of rotatable bonds is 3. The molecule has 0 bridgehead atoms. The minimum atomic E-state index is 0.248. The Bertz CT molecular complexity index is 687. The molecule has 0 unspecified atom stereocenters. The third kappa shape index (κ3) is 2.68. The molecule has 0 aliphatic heterocycles. The van der Waals surface area contributed by atoms with Crippen molar-refractivity contribution in [1.29, 1.82) is 0 Å². The third-order valence-corrected chi connectivity index (χ3v) is 3.06. The maximum absolute atomic E-state index is 9.20. The molecule has 3 aromatic rings. The predicted octanol–water partition coefficient (Wildman–Crippen LogP) is 4.12. The zero-order valence-corrected chi connectivity index (χ0v) is 10.4. The number of phenols is 1. The highest BCUT2D eigenvalue weighted by atomic mass is 16.5. The molecule has 94 valence electrons. The lowest BCUT2D eigenvalue weighted by Crippen LogP contribution is -1.94. The van der Waals surface area contributed by atoms with Gasteiger partial charge in [-0.3, -0.25) is 0 Å². The van der Waals surface area contributed by atoms with Gasteiger partial charge in [-0.25, -0.2) is 0 Å². The summed E-state index contributed by atoms with van der Waals surface area (Å²) in [5, 5.41) is 11.7. The summed E-state index contributed by atoms with van der Waals surface area (Å²) in [7, 11) is 0. The summed E-state index contributed by atoms with van der Waals surface area (Å²) in [4.78, 5) is 0. The first kappa shape index (κ1) is 11.6. The van der Waals surface area contributed by atoms with Gasteiger partial charge in [-0.2, -0.15) is 0 Å². The fourth-order valence-corrected chi connectivity index (χ4v) is 2.04. The van der Waals surface area contributed by atoms with E-state index in [1.54, 1.807) is 24.3 Å². The molecule has 0 aliphatic carbocycles. The quantitative estimate of drug-likeness (QED) is 0.757. The first-order valence-electron chi connectivity index (χ1n) is 6.21. The van der Waals surface area contributed by atoms with Crippen LogP contribution in [0.5, 0.6) is 11.5 Å². The Labute approximate surface area is 111 Å². The zero-order chi connectivity index (χ0) is 13.1. The van der Waals surface area contributed by atoms with Crippen molar-refractivity contribution in [3.63, 3.8) is 0 Å². The summed E-state index contributed by atoms with van der Waals surface area (Å²) in [6, 6.07) is 21.3. The minimum Gasteiger partial charge on any atom is -0.508 e. The average molecular weight is 250 g/mol. The molecule has 19 heavy (non-hydrogen) atoms. The van der Waals surface area contributed by atoms with Crippen molar-refractivity contribution in [2.75, 3.05) is 0 Å². The summed E-state index contributed by atoms with van der Waals surface area (Å²) < 4.78 is 5.68. The Kier molecular flexibility index (Phi) is 3.07. The average Bonchev–Trinajstić information content (AvgIpc) is 2.46. The van der Waals surface area contributed by atoms with Crippen LogP contribution in [0.25, 0.3) is 10.8 Å². The number of ether oxygens (including phenoxy) is 1. The second-order valence-corrected chi connectivity index (χ2v) is 4.46. The first-order valence-corrected chi connectivity index (χ1v) is 6.21. The predicted molar refractivity (Wildman–Crippen MR) is 76.4 cm³/mol. The van der Waals surface area contributed by atoms with E-state index in [1.807, 2.05) is 12.1 Å². The van der Waals surface area contributed by atoms with E-state index >= 15 is 0 Å². The smallest absolute Gasteiger partial charge is 0.120 e. The maximum Gasteiger partial charge on any atom is 0.120 e. The number of phenolic OH excluding ortho intramolecular Hbond substituents is 1. The van der Waals surface area contributed by atoms with Crippen molar-refractivity contribution in [2.24, 2.45) is 0 Å². The molecule has 0 amide bonds. The maximum atomic E-state index is 9.20. The van der Waals surface area contributed by atoms with E-state index in [0.29, 0.717) is 6.61 Å². The number of fused-ring (bicyclic) bond motifs is 1. The molecule has 2 nitrogen and oxygen atoms in total. The van der Waals surface area contributed by atoms with Gasteiger partial charge in [0.1, 0.15) is 18.1 Å². The molecule has 0 heterocycles. The van der Waals surface area contributed by atoms with Crippen LogP contribution in [0.3, 0.4) is 0 Å². The van der Waals surface area contributed by atoms with Gasteiger partial charge >= 0.3 is 0 Å². The van der Waals surface area contributed by atoms with E-state index in [-0.39, 0.29) is 5.75 Å². The normalized spacial score (nSPS) is 10.5. The van der Waals surface area contributed by atoms with Crippen LogP contribution >= 0.6 is 0 Å². The molecule has 3 rings (SSSR count). The molecular weight excluding hydrogens is 236 g/mol. The van der Waals surface area contributed by atoms with Gasteiger partial charge in [0, 0.05) is 0 Å². The van der Waals surface area contributed by atoms with Gasteiger partial charge in [0.2, 0.25) is 0 Å². The van der Waals surface area contributed by atoms with Crippen LogP contribution < -0.4 is 4.74 Å². The highest BCUT2D eigenvalue weighted by Gasteiger charge is 1.98. The van der Waals surface area contributed by atoms with Crippen molar-refractivity contribution >= 4 is 10.8 Å². The van der Waals surface area contributed by atoms with Gasteiger partial charge in [0.15, 0.2) is 0 Å². The Morgan fingerprint density at radius 3 is 2.32 bits per heavy atom. The summed E-state index contributed by atoms with van der Waals surface area (Å²) in [6.45, 7) is 0.523. The van der Waals surface area contributed by atoms with Gasteiger partial charge in [0.25, 0.3) is 0 Å². The molecule has 0 aliphatic rings. The number of hydrogen-bond acceptors (Lipinski definition) is 2. The molecule has 3 aromatic carbocycles. The van der Waals surface area contributed by atoms with Gasteiger partial charge in [-0.1, -0.05) is 36.4 Å². The molecule has 0 fully saturated rings. The largest absolute Gasteiger partial charge is 0.508 e. The highest BCUT2D eigenvalue weighted by molar-refractivity contribution is 5.82. The first-order chi connectivity index (χ1) is 9.31. The minimum absolute atomic E-state index is 0.248. The second kappa shape index (κ2) is 5.02. The molecule has 0 radical (unpaired) electrons. The zero-order valence-electron chi connectivity index (χ0n) is 10.4. The van der Waals surface area contributed by atoms with Crippen LogP contribution in [0.4, 0.5) is 0 Å². The fourth-order valence-electron chi connectivity index (χ4n) is 2.04. The molecule has 0 aromatic heterocycles. The molecule has 2 heteroatoms. The standard InChI is InChI=1S/C17H14O2/c18-16-7-9-17(10-8-16)19-12-13-5-6-14-3-1-2-4-15(14)11-13/h1-11,18H,12H2. The van der Waals surface area contributed by atoms with Gasteiger partial charge in [-0.15, -0.1) is 0 Å². The molecule has 0 saturated heterocycles. The van der Waals surface area contributed by atoms with E-state index in [9.17, 15) is 5.11 Å². The van der Waals surface area contributed by atoms with Crippen LogP contribution in [0.15, 0.2) is 66.7 Å². The van der Waals surface area contributed by atoms with Gasteiger partial charge in [-0.05, 0) is 46.7 Å². The van der Waals surface area contributed by atoms with Crippen LogP contribution in [0.2, 0.25) is 0 Å². The van der Waals surface area contributed by atoms with Crippen LogP contribution in [-0.4, -0.2) is 5.11 Å². The fraction of sp³-hybridized carbons (Fsp3) is 0.0588. The summed E-state index contributed by atoms with van der Waals surface area (Å²) >= 11 is 0. The van der Waals surface area contributed by atoms with Crippen molar-refractivity contribution in [3.8, 4) is 11.5 Å². The van der Waals surface area contributed by atoms with Crippen molar-refractivity contribution in [2.45, 2.75) is 6.61 Å².